The summed E-state index contributed by atoms with van der Waals surface area (Å²) >= 11 is 6.27. The summed E-state index contributed by atoms with van der Waals surface area (Å²) in [7, 11) is -1.16. The summed E-state index contributed by atoms with van der Waals surface area (Å²) < 4.78 is 12.0. The number of carbonyl (C=O) groups is 1. The second kappa shape index (κ2) is 8.99. The molecular weight excluding hydrogens is 326 g/mol. The molecule has 0 amide bonds. The molecule has 23 heavy (non-hydrogen) atoms. The normalized spacial score (nSPS) is 11.7. The van der Waals surface area contributed by atoms with Crippen molar-refractivity contribution in [3.05, 3.63) is 58.6 Å². The van der Waals surface area contributed by atoms with Crippen LogP contribution in [-0.4, -0.2) is 38.9 Å². The fourth-order valence-electron chi connectivity index (χ4n) is 2.58. The number of rotatable bonds is 6. The second-order valence-corrected chi connectivity index (χ2v) is 8.42. The van der Waals surface area contributed by atoms with Gasteiger partial charge in [0.05, 0.1) is 0 Å². The molecular formula is C17H21ClLiO3P. The quantitative estimate of drug-likeness (QED) is 0.458. The van der Waals surface area contributed by atoms with Gasteiger partial charge in [-0.15, -0.1) is 0 Å². The van der Waals surface area contributed by atoms with Gasteiger partial charge in [0, 0.05) is 0 Å². The van der Waals surface area contributed by atoms with E-state index in [1.807, 2.05) is 50.2 Å². The molecule has 0 aliphatic carbocycles. The monoisotopic (exact) mass is 346 g/mol. The van der Waals surface area contributed by atoms with Gasteiger partial charge in [-0.1, -0.05) is 0 Å². The van der Waals surface area contributed by atoms with E-state index in [2.05, 4.69) is 0 Å². The Balaban J connectivity index is 0.00000264. The number of halogens is 1. The summed E-state index contributed by atoms with van der Waals surface area (Å²) in [5.41, 5.74) is 1.33. The van der Waals surface area contributed by atoms with Crippen molar-refractivity contribution in [2.75, 3.05) is 13.7 Å². The van der Waals surface area contributed by atoms with E-state index in [-0.39, 0.29) is 18.9 Å². The minimum absolute atomic E-state index is 0. The van der Waals surface area contributed by atoms with Crippen molar-refractivity contribution in [3.63, 3.8) is 0 Å². The van der Waals surface area contributed by atoms with Crippen LogP contribution in [-0.2, 0) is 9.05 Å². The molecule has 0 bridgehead atoms. The van der Waals surface area contributed by atoms with E-state index in [1.54, 1.807) is 13.2 Å². The van der Waals surface area contributed by atoms with Gasteiger partial charge in [0.2, 0.25) is 0 Å². The van der Waals surface area contributed by atoms with Crippen molar-refractivity contribution in [2.45, 2.75) is 13.8 Å². The van der Waals surface area contributed by atoms with Gasteiger partial charge < -0.3 is 0 Å². The summed E-state index contributed by atoms with van der Waals surface area (Å²) in [4.78, 5) is 11.1. The topological polar surface area (TPSA) is 35.5 Å². The Morgan fingerprint density at radius 1 is 1.17 bits per heavy atom. The van der Waals surface area contributed by atoms with Gasteiger partial charge in [0.25, 0.3) is 0 Å². The summed E-state index contributed by atoms with van der Waals surface area (Å²) in [6.07, 6.45) is 0.778. The van der Waals surface area contributed by atoms with Gasteiger partial charge in [-0.2, -0.15) is 0 Å². The third-order valence-electron chi connectivity index (χ3n) is 3.62. The first kappa shape index (κ1) is 20.4. The zero-order chi connectivity index (χ0) is 16.2. The van der Waals surface area contributed by atoms with Crippen molar-refractivity contribution in [2.24, 2.45) is 0 Å². The number of hydrogen-bond donors (Lipinski definition) is 0. The van der Waals surface area contributed by atoms with E-state index < -0.39 is 7.72 Å². The molecule has 120 valence electrons. The molecule has 0 aliphatic heterocycles. The molecule has 2 aromatic carbocycles. The number of aldehydes is 1. The average molecular weight is 347 g/mol. The van der Waals surface area contributed by atoms with Crippen molar-refractivity contribution in [1.29, 1.82) is 0 Å². The summed E-state index contributed by atoms with van der Waals surface area (Å²) in [6, 6.07) is 13.6. The Morgan fingerprint density at radius 2 is 1.83 bits per heavy atom. The van der Waals surface area contributed by atoms with Gasteiger partial charge in [0.15, 0.2) is 0 Å². The number of carbonyl (C=O) groups excluding carboxylic acids is 1. The van der Waals surface area contributed by atoms with Crippen LogP contribution in [0.1, 0.15) is 22.8 Å². The van der Waals surface area contributed by atoms with E-state index >= 15 is 0 Å². The molecule has 0 aliphatic rings. The van der Waals surface area contributed by atoms with Gasteiger partial charge in [-0.25, -0.2) is 0 Å². The SMILES string of the molecule is CCO[PH](OC)(c1ccccc1)c1cc(C)c(C=O)c(Cl)c1.[LiH]. The Labute approximate surface area is 155 Å². The molecule has 0 spiro atoms. The van der Waals surface area contributed by atoms with Crippen molar-refractivity contribution in [3.8, 4) is 0 Å². The Hall–Kier alpha value is -0.653. The predicted molar refractivity (Wildman–Crippen MR) is 101 cm³/mol. The number of aryl methyl sites for hydroxylation is 1. The number of hydrogen-bond acceptors (Lipinski definition) is 3. The van der Waals surface area contributed by atoms with Crippen molar-refractivity contribution >= 4 is 55.1 Å². The first-order valence-electron chi connectivity index (χ1n) is 7.09. The molecule has 0 fully saturated rings. The second-order valence-electron chi connectivity index (χ2n) is 4.93. The fourth-order valence-corrected chi connectivity index (χ4v) is 6.02. The van der Waals surface area contributed by atoms with Crippen LogP contribution in [0.2, 0.25) is 5.02 Å². The van der Waals surface area contributed by atoms with E-state index in [9.17, 15) is 4.79 Å². The van der Waals surface area contributed by atoms with Crippen LogP contribution in [0.3, 0.4) is 0 Å². The maximum absolute atomic E-state index is 11.1. The molecule has 2 rings (SSSR count). The molecule has 0 saturated carbocycles. The van der Waals surface area contributed by atoms with Crippen molar-refractivity contribution < 1.29 is 13.8 Å². The van der Waals surface area contributed by atoms with Gasteiger partial charge in [-0.05, 0) is 0 Å². The standard InChI is InChI=1S/C17H20ClO3P.Li.H/c1-4-21-22(20-3,14-8-6-5-7-9-14)15-10-13(2)16(12-19)17(18)11-15;;/h5-12,22H,4H2,1-3H3;;. The van der Waals surface area contributed by atoms with E-state index in [4.69, 9.17) is 20.6 Å². The average Bonchev–Trinajstić information content (AvgIpc) is 2.53. The molecule has 3 nitrogen and oxygen atoms in total. The maximum atomic E-state index is 11.1. The van der Waals surface area contributed by atoms with Gasteiger partial charge in [-0.3, -0.25) is 0 Å². The third-order valence-corrected chi connectivity index (χ3v) is 7.35. The molecule has 0 aromatic heterocycles. The molecule has 0 unspecified atom stereocenters. The summed E-state index contributed by atoms with van der Waals surface area (Å²) in [5.74, 6) is 0. The predicted octanol–water partition coefficient (Wildman–Crippen LogP) is 3.03. The molecule has 0 atom stereocenters. The van der Waals surface area contributed by atoms with Gasteiger partial charge >= 0.3 is 155 Å². The Morgan fingerprint density at radius 3 is 2.30 bits per heavy atom. The van der Waals surface area contributed by atoms with Crippen LogP contribution >= 0.6 is 19.3 Å². The zero-order valence-electron chi connectivity index (χ0n) is 12.9. The van der Waals surface area contributed by atoms with Crippen molar-refractivity contribution in [1.82, 2.24) is 0 Å². The molecule has 0 N–H and O–H groups in total. The fraction of sp³-hybridized carbons (Fsp3) is 0.235. The van der Waals surface area contributed by atoms with E-state index in [1.165, 1.54) is 0 Å². The van der Waals surface area contributed by atoms with E-state index in [0.717, 1.165) is 22.5 Å². The zero-order valence-corrected chi connectivity index (χ0v) is 14.7. The van der Waals surface area contributed by atoms with E-state index in [0.29, 0.717) is 17.2 Å². The van der Waals surface area contributed by atoms with Crippen LogP contribution in [0.25, 0.3) is 0 Å². The molecule has 0 saturated heterocycles. The Kier molecular flexibility index (Phi) is 7.97. The van der Waals surface area contributed by atoms with Crippen LogP contribution in [0.15, 0.2) is 42.5 Å². The molecule has 0 heterocycles. The minimum atomic E-state index is -2.82. The summed E-state index contributed by atoms with van der Waals surface area (Å²) in [6.45, 7) is 4.34. The molecule has 6 heteroatoms. The summed E-state index contributed by atoms with van der Waals surface area (Å²) in [5, 5.41) is 2.33. The van der Waals surface area contributed by atoms with Gasteiger partial charge in [0.1, 0.15) is 0 Å². The first-order chi connectivity index (χ1) is 10.6. The molecule has 2 aromatic rings. The van der Waals surface area contributed by atoms with Crippen LogP contribution in [0.4, 0.5) is 0 Å². The van der Waals surface area contributed by atoms with Crippen LogP contribution in [0, 0.1) is 6.92 Å². The first-order valence-corrected chi connectivity index (χ1v) is 9.29. The molecule has 0 radical (unpaired) electrons. The Bertz CT molecular complexity index is 643. The van der Waals surface area contributed by atoms with Crippen LogP contribution in [0.5, 0.6) is 0 Å². The third kappa shape index (κ3) is 4.06. The van der Waals surface area contributed by atoms with Crippen LogP contribution < -0.4 is 10.6 Å². The number of benzene rings is 2.